The summed E-state index contributed by atoms with van der Waals surface area (Å²) in [6, 6.07) is 5.57. The molecule has 35 heavy (non-hydrogen) atoms. The number of nitrogens with zero attached hydrogens (tertiary/aromatic N) is 5. The summed E-state index contributed by atoms with van der Waals surface area (Å²) in [6.07, 6.45) is 7.03. The molecule has 0 spiro atoms. The highest BCUT2D eigenvalue weighted by Crippen LogP contribution is 2.30. The number of amides is 2. The van der Waals surface area contributed by atoms with Gasteiger partial charge in [-0.25, -0.2) is 9.97 Å². The molecule has 0 unspecified atom stereocenters. The zero-order chi connectivity index (χ0) is 24.7. The van der Waals surface area contributed by atoms with Crippen LogP contribution in [0.3, 0.4) is 0 Å². The van der Waals surface area contributed by atoms with E-state index >= 15 is 0 Å². The molecule has 0 radical (unpaired) electrons. The van der Waals surface area contributed by atoms with Gasteiger partial charge in [-0.2, -0.15) is 0 Å². The number of pyridine rings is 3. The Balaban J connectivity index is 1.40. The van der Waals surface area contributed by atoms with Crippen LogP contribution in [0.2, 0.25) is 0 Å². The Morgan fingerprint density at radius 1 is 1.09 bits per heavy atom. The first-order valence-corrected chi connectivity index (χ1v) is 11.8. The van der Waals surface area contributed by atoms with E-state index < -0.39 is 0 Å². The Morgan fingerprint density at radius 3 is 2.60 bits per heavy atom. The maximum Gasteiger partial charge on any atom is 0.241 e. The average Bonchev–Trinajstić information content (AvgIpc) is 3.67. The standard InChI is InChI=1S/C27H28N6O2/c1-17-23-14-30-24(31-26(35)18-5-6-18)11-22(23)19(12-28-17)7-8-20-9-10-21(13-29-20)33-16-27(2,3)32(4)15-25(33)34/h9-14,18H,5-6,15-16H2,1-4H3,(H,30,31,35). The van der Waals surface area contributed by atoms with E-state index in [0.717, 1.165) is 40.6 Å². The number of hydrogen-bond acceptors (Lipinski definition) is 6. The summed E-state index contributed by atoms with van der Waals surface area (Å²) in [7, 11) is 1.97. The van der Waals surface area contributed by atoms with Crippen molar-refractivity contribution >= 4 is 34.1 Å². The van der Waals surface area contributed by atoms with Crippen LogP contribution < -0.4 is 10.2 Å². The number of nitrogens with one attached hydrogen (secondary N) is 1. The highest BCUT2D eigenvalue weighted by Gasteiger charge is 2.36. The number of anilines is 2. The largest absolute Gasteiger partial charge is 0.310 e. The number of rotatable bonds is 3. The first kappa shape index (κ1) is 22.9. The minimum Gasteiger partial charge on any atom is -0.310 e. The maximum absolute atomic E-state index is 12.6. The monoisotopic (exact) mass is 468 g/mol. The molecule has 1 aliphatic heterocycles. The summed E-state index contributed by atoms with van der Waals surface area (Å²) >= 11 is 0. The Labute approximate surface area is 204 Å². The smallest absolute Gasteiger partial charge is 0.241 e. The molecule has 1 saturated carbocycles. The van der Waals surface area contributed by atoms with Crippen LogP contribution in [0.25, 0.3) is 10.8 Å². The summed E-state index contributed by atoms with van der Waals surface area (Å²) in [5.74, 6) is 6.97. The van der Waals surface area contributed by atoms with Crippen LogP contribution in [-0.4, -0.2) is 57.3 Å². The molecule has 2 amide bonds. The Morgan fingerprint density at radius 2 is 1.89 bits per heavy atom. The van der Waals surface area contributed by atoms with Gasteiger partial charge in [0.2, 0.25) is 11.8 Å². The molecule has 8 heteroatoms. The fraction of sp³-hybridized carbons (Fsp3) is 0.370. The number of carbonyl (C=O) groups excluding carboxylic acids is 2. The molecule has 3 aromatic heterocycles. The Bertz CT molecular complexity index is 1380. The fourth-order valence-electron chi connectivity index (χ4n) is 4.09. The molecule has 0 atom stereocenters. The van der Waals surface area contributed by atoms with Gasteiger partial charge in [0, 0.05) is 46.9 Å². The summed E-state index contributed by atoms with van der Waals surface area (Å²) in [6.45, 7) is 7.14. The van der Waals surface area contributed by atoms with E-state index in [2.05, 4.69) is 50.9 Å². The molecular weight excluding hydrogens is 440 g/mol. The highest BCUT2D eigenvalue weighted by atomic mass is 16.2. The van der Waals surface area contributed by atoms with E-state index in [1.807, 2.05) is 32.2 Å². The maximum atomic E-state index is 12.6. The SMILES string of the molecule is Cc1ncc(C#Cc2ccc(N3CC(C)(C)N(C)CC3=O)cn2)c2cc(NC(=O)C3CC3)ncc12. The van der Waals surface area contributed by atoms with Crippen LogP contribution in [0.5, 0.6) is 0 Å². The molecule has 4 heterocycles. The van der Waals surface area contributed by atoms with Crippen molar-refractivity contribution in [2.45, 2.75) is 39.2 Å². The third-order valence-corrected chi connectivity index (χ3v) is 6.81. The molecule has 178 valence electrons. The van der Waals surface area contributed by atoms with Gasteiger partial charge in [-0.3, -0.25) is 19.5 Å². The number of hydrogen-bond donors (Lipinski definition) is 1. The van der Waals surface area contributed by atoms with Gasteiger partial charge in [0.15, 0.2) is 0 Å². The minimum atomic E-state index is -0.113. The summed E-state index contributed by atoms with van der Waals surface area (Å²) < 4.78 is 0. The zero-order valence-electron chi connectivity index (χ0n) is 20.4. The quantitative estimate of drug-likeness (QED) is 0.594. The van der Waals surface area contributed by atoms with Crippen LogP contribution in [0.15, 0.2) is 36.8 Å². The number of carbonyl (C=O) groups is 2. The van der Waals surface area contributed by atoms with Crippen molar-refractivity contribution in [1.29, 1.82) is 0 Å². The van der Waals surface area contributed by atoms with Gasteiger partial charge < -0.3 is 10.2 Å². The molecule has 8 nitrogen and oxygen atoms in total. The van der Waals surface area contributed by atoms with E-state index in [1.54, 1.807) is 23.5 Å². The molecule has 0 aromatic carbocycles. The van der Waals surface area contributed by atoms with Gasteiger partial charge in [0.1, 0.15) is 11.5 Å². The summed E-state index contributed by atoms with van der Waals surface area (Å²) in [5.41, 5.74) is 2.83. The summed E-state index contributed by atoms with van der Waals surface area (Å²) in [5, 5.41) is 4.67. The van der Waals surface area contributed by atoms with Crippen molar-refractivity contribution < 1.29 is 9.59 Å². The Hall–Kier alpha value is -3.83. The van der Waals surface area contributed by atoms with Gasteiger partial charge in [0.05, 0.1) is 24.0 Å². The topological polar surface area (TPSA) is 91.3 Å². The highest BCUT2D eigenvalue weighted by molar-refractivity contribution is 5.97. The molecule has 3 aromatic rings. The van der Waals surface area contributed by atoms with Crippen LogP contribution >= 0.6 is 0 Å². The van der Waals surface area contributed by atoms with E-state index in [-0.39, 0.29) is 23.3 Å². The first-order chi connectivity index (χ1) is 16.7. The number of aryl methyl sites for hydroxylation is 1. The normalized spacial score (nSPS) is 17.7. The predicted octanol–water partition coefficient (Wildman–Crippen LogP) is 3.14. The number of fused-ring (bicyclic) bond motifs is 1. The van der Waals surface area contributed by atoms with Crippen molar-refractivity contribution in [2.75, 3.05) is 30.4 Å². The molecule has 2 fully saturated rings. The lowest BCUT2D eigenvalue weighted by Gasteiger charge is -2.44. The van der Waals surface area contributed by atoms with Gasteiger partial charge in [-0.1, -0.05) is 5.92 Å². The lowest BCUT2D eigenvalue weighted by Crippen LogP contribution is -2.60. The third-order valence-electron chi connectivity index (χ3n) is 6.81. The van der Waals surface area contributed by atoms with Crippen LogP contribution in [-0.2, 0) is 9.59 Å². The van der Waals surface area contributed by atoms with Crippen molar-refractivity contribution in [3.63, 3.8) is 0 Å². The number of piperazine rings is 1. The second-order valence-corrected chi connectivity index (χ2v) is 9.94. The number of aromatic nitrogens is 3. The Kier molecular flexibility index (Phi) is 5.73. The lowest BCUT2D eigenvalue weighted by atomic mass is 9.99. The van der Waals surface area contributed by atoms with Gasteiger partial charge in [-0.05, 0) is 64.8 Å². The van der Waals surface area contributed by atoms with E-state index in [4.69, 9.17) is 0 Å². The fourth-order valence-corrected chi connectivity index (χ4v) is 4.09. The van der Waals surface area contributed by atoms with Crippen LogP contribution in [0, 0.1) is 24.7 Å². The predicted molar refractivity (Wildman–Crippen MR) is 135 cm³/mol. The molecule has 0 bridgehead atoms. The van der Waals surface area contributed by atoms with Crippen molar-refractivity contribution in [2.24, 2.45) is 5.92 Å². The second-order valence-electron chi connectivity index (χ2n) is 9.94. The molecule has 1 N–H and O–H groups in total. The second kappa shape index (κ2) is 8.75. The van der Waals surface area contributed by atoms with Crippen LogP contribution in [0.4, 0.5) is 11.5 Å². The molecule has 1 aliphatic carbocycles. The number of likely N-dealkylation sites (N-methyl/N-ethyl adjacent to an activating group) is 1. The third kappa shape index (κ3) is 4.73. The van der Waals surface area contributed by atoms with Crippen molar-refractivity contribution in [3.8, 4) is 11.8 Å². The summed E-state index contributed by atoms with van der Waals surface area (Å²) in [4.78, 5) is 41.9. The van der Waals surface area contributed by atoms with Crippen molar-refractivity contribution in [3.05, 3.63) is 53.7 Å². The van der Waals surface area contributed by atoms with Crippen molar-refractivity contribution in [1.82, 2.24) is 19.9 Å². The average molecular weight is 469 g/mol. The minimum absolute atomic E-state index is 0.0155. The first-order valence-electron chi connectivity index (χ1n) is 11.8. The van der Waals surface area contributed by atoms with Gasteiger partial charge >= 0.3 is 0 Å². The van der Waals surface area contributed by atoms with E-state index in [9.17, 15) is 9.59 Å². The van der Waals surface area contributed by atoms with E-state index in [1.165, 1.54) is 0 Å². The lowest BCUT2D eigenvalue weighted by molar-refractivity contribution is -0.123. The van der Waals surface area contributed by atoms with Gasteiger partial charge in [0.25, 0.3) is 0 Å². The van der Waals surface area contributed by atoms with E-state index in [0.29, 0.717) is 24.6 Å². The molecule has 1 saturated heterocycles. The zero-order valence-corrected chi connectivity index (χ0v) is 20.4. The molecule has 5 rings (SSSR count). The van der Waals surface area contributed by atoms with Crippen LogP contribution in [0.1, 0.15) is 43.6 Å². The molecule has 2 aliphatic rings. The van der Waals surface area contributed by atoms with Gasteiger partial charge in [-0.15, -0.1) is 0 Å². The molecular formula is C27H28N6O2.